The molecule has 3 heterocycles. The van der Waals surface area contributed by atoms with E-state index in [1.807, 2.05) is 30.2 Å². The first-order valence-electron chi connectivity index (χ1n) is 8.22. The van der Waals surface area contributed by atoms with Gasteiger partial charge < -0.3 is 14.4 Å². The summed E-state index contributed by atoms with van der Waals surface area (Å²) in [5.74, 6) is 0.180. The maximum Gasteiger partial charge on any atom is 0.264 e. The van der Waals surface area contributed by atoms with Crippen LogP contribution in [0.2, 0.25) is 0 Å². The molecule has 0 aromatic carbocycles. The lowest BCUT2D eigenvalue weighted by atomic mass is 9.83. The van der Waals surface area contributed by atoms with E-state index in [1.165, 1.54) is 0 Å². The van der Waals surface area contributed by atoms with Gasteiger partial charge in [-0.25, -0.2) is 0 Å². The minimum atomic E-state index is -0.0701. The lowest BCUT2D eigenvalue weighted by Crippen LogP contribution is -2.52. The van der Waals surface area contributed by atoms with Crippen LogP contribution in [0.5, 0.6) is 0 Å². The molecular formula is C17H25NO3S. The summed E-state index contributed by atoms with van der Waals surface area (Å²) in [6, 6.07) is 2.01. The van der Waals surface area contributed by atoms with E-state index in [0.717, 1.165) is 62.4 Å². The molecule has 1 amide bonds. The van der Waals surface area contributed by atoms with Gasteiger partial charge in [0.05, 0.1) is 16.6 Å². The lowest BCUT2D eigenvalue weighted by molar-refractivity contribution is -0.151. The van der Waals surface area contributed by atoms with Crippen molar-refractivity contribution in [3.8, 4) is 0 Å². The van der Waals surface area contributed by atoms with Gasteiger partial charge in [0.2, 0.25) is 0 Å². The van der Waals surface area contributed by atoms with Crippen molar-refractivity contribution in [2.45, 2.75) is 51.2 Å². The number of nitrogens with zero attached hydrogens (tertiary/aromatic N) is 1. The second-order valence-corrected chi connectivity index (χ2v) is 7.24. The molecule has 22 heavy (non-hydrogen) atoms. The number of hydrogen-bond donors (Lipinski definition) is 0. The number of rotatable bonds is 3. The fourth-order valence-electron chi connectivity index (χ4n) is 3.56. The van der Waals surface area contributed by atoms with E-state index in [0.29, 0.717) is 6.10 Å². The second kappa shape index (κ2) is 6.69. The van der Waals surface area contributed by atoms with Gasteiger partial charge in [-0.15, -0.1) is 11.3 Å². The van der Waals surface area contributed by atoms with Crippen molar-refractivity contribution >= 4 is 17.2 Å². The molecule has 2 fully saturated rings. The molecule has 0 bridgehead atoms. The minimum Gasteiger partial charge on any atom is -0.378 e. The van der Waals surface area contributed by atoms with Gasteiger partial charge in [-0.1, -0.05) is 0 Å². The molecule has 5 heteroatoms. The van der Waals surface area contributed by atoms with Gasteiger partial charge in [0.25, 0.3) is 5.91 Å². The van der Waals surface area contributed by atoms with Crippen LogP contribution >= 0.6 is 11.3 Å². The fourth-order valence-corrected chi connectivity index (χ4v) is 4.45. The zero-order chi connectivity index (χ0) is 15.6. The molecule has 4 nitrogen and oxygen atoms in total. The Balaban J connectivity index is 1.60. The summed E-state index contributed by atoms with van der Waals surface area (Å²) < 4.78 is 11.9. The molecule has 2 aliphatic heterocycles. The van der Waals surface area contributed by atoms with Crippen molar-refractivity contribution < 1.29 is 14.3 Å². The second-order valence-electron chi connectivity index (χ2n) is 6.33. The summed E-state index contributed by atoms with van der Waals surface area (Å²) in [5.41, 5.74) is 1.01. The van der Waals surface area contributed by atoms with E-state index in [9.17, 15) is 4.79 Å². The molecule has 1 aromatic heterocycles. The van der Waals surface area contributed by atoms with Gasteiger partial charge in [0.1, 0.15) is 0 Å². The Morgan fingerprint density at radius 1 is 1.50 bits per heavy atom. The standard InChI is InChI=1S/C17H25NO3S/c1-3-20-14-4-10-21-17(12-14)6-8-18(9-7-17)16(19)15-13(2)5-11-22-15/h5,11,14H,3-4,6-10,12H2,1-2H3. The first-order chi connectivity index (χ1) is 10.6. The summed E-state index contributed by atoms with van der Waals surface area (Å²) in [7, 11) is 0. The summed E-state index contributed by atoms with van der Waals surface area (Å²) in [5, 5.41) is 1.99. The van der Waals surface area contributed by atoms with Gasteiger partial charge in [-0.05, 0) is 50.1 Å². The molecule has 1 aromatic rings. The largest absolute Gasteiger partial charge is 0.378 e. The highest BCUT2D eigenvalue weighted by Crippen LogP contribution is 2.36. The smallest absolute Gasteiger partial charge is 0.264 e. The van der Waals surface area contributed by atoms with Crippen LogP contribution in [0.3, 0.4) is 0 Å². The minimum absolute atomic E-state index is 0.0701. The molecule has 2 aliphatic rings. The van der Waals surface area contributed by atoms with Crippen LogP contribution in [0.1, 0.15) is 47.8 Å². The van der Waals surface area contributed by atoms with E-state index in [1.54, 1.807) is 11.3 Å². The number of aryl methyl sites for hydroxylation is 1. The van der Waals surface area contributed by atoms with Gasteiger partial charge in [0, 0.05) is 32.7 Å². The van der Waals surface area contributed by atoms with Crippen LogP contribution in [0, 0.1) is 6.92 Å². The van der Waals surface area contributed by atoms with E-state index in [2.05, 4.69) is 0 Å². The number of hydrogen-bond acceptors (Lipinski definition) is 4. The third kappa shape index (κ3) is 3.21. The third-order valence-corrected chi connectivity index (χ3v) is 5.87. The van der Waals surface area contributed by atoms with Crippen LogP contribution < -0.4 is 0 Å². The van der Waals surface area contributed by atoms with Crippen LogP contribution in [-0.4, -0.2) is 48.8 Å². The van der Waals surface area contributed by atoms with Crippen LogP contribution in [-0.2, 0) is 9.47 Å². The van der Waals surface area contributed by atoms with Gasteiger partial charge in [0.15, 0.2) is 0 Å². The highest BCUT2D eigenvalue weighted by atomic mass is 32.1. The number of likely N-dealkylation sites (tertiary alicyclic amines) is 1. The van der Waals surface area contributed by atoms with Gasteiger partial charge in [-0.2, -0.15) is 0 Å². The van der Waals surface area contributed by atoms with Crippen molar-refractivity contribution in [3.05, 3.63) is 21.9 Å². The molecule has 0 radical (unpaired) electrons. The van der Waals surface area contributed by atoms with E-state index in [4.69, 9.17) is 9.47 Å². The highest BCUT2D eigenvalue weighted by Gasteiger charge is 2.41. The third-order valence-electron chi connectivity index (χ3n) is 4.87. The Labute approximate surface area is 136 Å². The maximum atomic E-state index is 12.6. The molecule has 1 atom stereocenters. The van der Waals surface area contributed by atoms with Crippen molar-refractivity contribution in [2.24, 2.45) is 0 Å². The molecule has 1 unspecified atom stereocenters. The summed E-state index contributed by atoms with van der Waals surface area (Å²) in [6.45, 7) is 7.18. The summed E-state index contributed by atoms with van der Waals surface area (Å²) >= 11 is 1.54. The Kier molecular flexibility index (Phi) is 4.85. The first-order valence-corrected chi connectivity index (χ1v) is 9.10. The zero-order valence-electron chi connectivity index (χ0n) is 13.5. The first kappa shape index (κ1) is 16.0. The summed E-state index contributed by atoms with van der Waals surface area (Å²) in [4.78, 5) is 15.5. The monoisotopic (exact) mass is 323 g/mol. The van der Waals surface area contributed by atoms with Crippen LogP contribution in [0.25, 0.3) is 0 Å². The van der Waals surface area contributed by atoms with Gasteiger partial charge in [-0.3, -0.25) is 4.79 Å². The highest BCUT2D eigenvalue weighted by molar-refractivity contribution is 7.12. The van der Waals surface area contributed by atoms with Crippen LogP contribution in [0.15, 0.2) is 11.4 Å². The number of carbonyl (C=O) groups excluding carboxylic acids is 1. The van der Waals surface area contributed by atoms with Crippen molar-refractivity contribution in [1.29, 1.82) is 0 Å². The average Bonchev–Trinajstić information content (AvgIpc) is 2.94. The topological polar surface area (TPSA) is 38.8 Å². The summed E-state index contributed by atoms with van der Waals surface area (Å²) in [6.07, 6.45) is 4.13. The number of amides is 1. The van der Waals surface area contributed by atoms with Crippen LogP contribution in [0.4, 0.5) is 0 Å². The SMILES string of the molecule is CCOC1CCOC2(CCN(C(=O)c3sccc3C)CC2)C1. The van der Waals surface area contributed by atoms with E-state index >= 15 is 0 Å². The maximum absolute atomic E-state index is 12.6. The number of carbonyl (C=O) groups is 1. The van der Waals surface area contributed by atoms with Crippen molar-refractivity contribution in [1.82, 2.24) is 4.90 Å². The Bertz CT molecular complexity index is 518. The molecule has 2 saturated heterocycles. The van der Waals surface area contributed by atoms with Crippen molar-refractivity contribution in [3.63, 3.8) is 0 Å². The molecule has 0 N–H and O–H groups in total. The predicted molar refractivity (Wildman–Crippen MR) is 87.5 cm³/mol. The quantitative estimate of drug-likeness (QED) is 0.857. The zero-order valence-corrected chi connectivity index (χ0v) is 14.3. The van der Waals surface area contributed by atoms with E-state index in [-0.39, 0.29) is 11.5 Å². The molecule has 0 saturated carbocycles. The molecular weight excluding hydrogens is 298 g/mol. The van der Waals surface area contributed by atoms with Gasteiger partial charge >= 0.3 is 0 Å². The number of piperidine rings is 1. The average molecular weight is 323 g/mol. The number of ether oxygens (including phenoxy) is 2. The molecule has 0 aliphatic carbocycles. The van der Waals surface area contributed by atoms with Crippen molar-refractivity contribution in [2.75, 3.05) is 26.3 Å². The molecule has 122 valence electrons. The Morgan fingerprint density at radius 3 is 2.91 bits per heavy atom. The Morgan fingerprint density at radius 2 is 2.27 bits per heavy atom. The fraction of sp³-hybridized carbons (Fsp3) is 0.706. The Hall–Kier alpha value is -0.910. The molecule has 1 spiro atoms. The molecule has 3 rings (SSSR count). The van der Waals surface area contributed by atoms with E-state index < -0.39 is 0 Å². The normalized spacial score (nSPS) is 24.6. The number of thiophene rings is 1. The lowest BCUT2D eigenvalue weighted by Gasteiger charge is -2.46. The predicted octanol–water partition coefficient (Wildman–Crippen LogP) is 3.25.